The highest BCUT2D eigenvalue weighted by Crippen LogP contribution is 2.28. The quantitative estimate of drug-likeness (QED) is 0.850. The Morgan fingerprint density at radius 3 is 2.62 bits per heavy atom. The molecule has 3 rings (SSSR count). The average molecular weight is 392 g/mol. The van der Waals surface area contributed by atoms with E-state index in [1.165, 1.54) is 6.07 Å². The number of carbonyl (C=O) groups is 1. The molecule has 2 aromatic rings. The first-order valence-electron chi connectivity index (χ1n) is 8.28. The van der Waals surface area contributed by atoms with Crippen molar-refractivity contribution in [3.8, 4) is 0 Å². The molecule has 0 fully saturated rings. The Morgan fingerprint density at radius 1 is 1.23 bits per heavy atom. The van der Waals surface area contributed by atoms with Crippen molar-refractivity contribution in [2.75, 3.05) is 13.6 Å². The third kappa shape index (κ3) is 3.66. The van der Waals surface area contributed by atoms with Gasteiger partial charge in [-0.2, -0.15) is 8.42 Å². The predicted molar refractivity (Wildman–Crippen MR) is 103 cm³/mol. The zero-order chi connectivity index (χ0) is 18.9. The van der Waals surface area contributed by atoms with Gasteiger partial charge in [-0.15, -0.1) is 15.7 Å². The lowest BCUT2D eigenvalue weighted by molar-refractivity contribution is -0.122. The summed E-state index contributed by atoms with van der Waals surface area (Å²) in [6.07, 6.45) is 0. The van der Waals surface area contributed by atoms with Gasteiger partial charge in [0, 0.05) is 17.5 Å². The van der Waals surface area contributed by atoms with Gasteiger partial charge < -0.3 is 10.2 Å². The number of nitrogens with zero attached hydrogens (tertiary/aromatic N) is 2. The fourth-order valence-corrected chi connectivity index (χ4v) is 5.11. The lowest BCUT2D eigenvalue weighted by atomic mass is 10.0. The molecule has 1 aromatic heterocycles. The summed E-state index contributed by atoms with van der Waals surface area (Å²) in [5, 5.41) is 5.03. The minimum absolute atomic E-state index is 0.0251. The smallest absolute Gasteiger partial charge is 0.285 e. The molecule has 2 heterocycles. The van der Waals surface area contributed by atoms with Crippen molar-refractivity contribution < 1.29 is 13.2 Å². The topological polar surface area (TPSA) is 78.8 Å². The Balaban J connectivity index is 1.74. The van der Waals surface area contributed by atoms with Crippen molar-refractivity contribution in [3.63, 3.8) is 0 Å². The molecule has 1 aromatic carbocycles. The van der Waals surface area contributed by atoms with E-state index in [0.717, 1.165) is 4.88 Å². The second-order valence-corrected chi connectivity index (χ2v) is 9.10. The Labute approximate surface area is 157 Å². The van der Waals surface area contributed by atoms with Crippen LogP contribution in [0.1, 0.15) is 30.3 Å². The van der Waals surface area contributed by atoms with Crippen molar-refractivity contribution in [1.82, 2.24) is 10.2 Å². The van der Waals surface area contributed by atoms with Crippen LogP contribution in [0, 0.1) is 5.92 Å². The standard InChI is InChI=1S/C18H21N3O3S2/c1-12(2)17(14-8-6-10-25-14)19-16(22)11-21(3)18-13-7-4-5-9-15(13)26(23,24)20-18/h4-10,12,17H,11H2,1-3H3,(H,19,22)/t17-/m0/s1. The first kappa shape index (κ1) is 18.6. The van der Waals surface area contributed by atoms with E-state index >= 15 is 0 Å². The number of benzene rings is 1. The van der Waals surface area contributed by atoms with Gasteiger partial charge in [-0.05, 0) is 29.5 Å². The molecule has 26 heavy (non-hydrogen) atoms. The number of thiophene rings is 1. The summed E-state index contributed by atoms with van der Waals surface area (Å²) >= 11 is 1.60. The van der Waals surface area contributed by atoms with E-state index in [1.807, 2.05) is 17.5 Å². The third-order valence-corrected chi connectivity index (χ3v) is 6.47. The van der Waals surface area contributed by atoms with Crippen LogP contribution < -0.4 is 5.32 Å². The largest absolute Gasteiger partial charge is 0.349 e. The summed E-state index contributed by atoms with van der Waals surface area (Å²) in [5.74, 6) is 0.366. The molecular weight excluding hydrogens is 370 g/mol. The summed E-state index contributed by atoms with van der Waals surface area (Å²) in [6, 6.07) is 10.5. The lowest BCUT2D eigenvalue weighted by Crippen LogP contribution is -2.40. The van der Waals surface area contributed by atoms with Gasteiger partial charge in [-0.25, -0.2) is 0 Å². The maximum absolute atomic E-state index is 12.5. The Bertz CT molecular complexity index is 934. The molecule has 0 aliphatic carbocycles. The monoisotopic (exact) mass is 391 g/mol. The Morgan fingerprint density at radius 2 is 1.96 bits per heavy atom. The lowest BCUT2D eigenvalue weighted by Gasteiger charge is -2.24. The zero-order valence-electron chi connectivity index (χ0n) is 14.8. The molecule has 0 saturated carbocycles. The fraction of sp³-hybridized carbons (Fsp3) is 0.333. The van der Waals surface area contributed by atoms with Crippen LogP contribution in [-0.4, -0.2) is 38.7 Å². The molecule has 138 valence electrons. The highest BCUT2D eigenvalue weighted by atomic mass is 32.2. The summed E-state index contributed by atoms with van der Waals surface area (Å²) in [6.45, 7) is 4.13. The molecule has 0 saturated heterocycles. The molecule has 0 unspecified atom stereocenters. The number of carbonyl (C=O) groups excluding carboxylic acids is 1. The van der Waals surface area contributed by atoms with E-state index in [1.54, 1.807) is 41.5 Å². The summed E-state index contributed by atoms with van der Waals surface area (Å²) < 4.78 is 28.2. The van der Waals surface area contributed by atoms with Crippen LogP contribution in [0.3, 0.4) is 0 Å². The van der Waals surface area contributed by atoms with Gasteiger partial charge in [0.25, 0.3) is 10.0 Å². The molecule has 0 bridgehead atoms. The van der Waals surface area contributed by atoms with Crippen LogP contribution in [0.25, 0.3) is 0 Å². The highest BCUT2D eigenvalue weighted by Gasteiger charge is 2.31. The number of likely N-dealkylation sites (N-methyl/N-ethyl adjacent to an activating group) is 1. The van der Waals surface area contributed by atoms with E-state index < -0.39 is 10.0 Å². The highest BCUT2D eigenvalue weighted by molar-refractivity contribution is 7.90. The van der Waals surface area contributed by atoms with Gasteiger partial charge in [0.05, 0.1) is 12.6 Å². The van der Waals surface area contributed by atoms with Crippen LogP contribution in [0.5, 0.6) is 0 Å². The summed E-state index contributed by atoms with van der Waals surface area (Å²) in [4.78, 5) is 15.4. The van der Waals surface area contributed by atoms with Crippen LogP contribution >= 0.6 is 11.3 Å². The molecule has 8 heteroatoms. The molecule has 1 N–H and O–H groups in total. The van der Waals surface area contributed by atoms with Gasteiger partial charge in [-0.1, -0.05) is 32.0 Å². The van der Waals surface area contributed by atoms with Gasteiger partial charge in [-0.3, -0.25) is 4.79 Å². The first-order chi connectivity index (χ1) is 12.3. The fourth-order valence-electron chi connectivity index (χ4n) is 2.91. The number of rotatable bonds is 5. The number of hydrogen-bond donors (Lipinski definition) is 1. The minimum Gasteiger partial charge on any atom is -0.349 e. The van der Waals surface area contributed by atoms with Crippen LogP contribution in [0.2, 0.25) is 0 Å². The summed E-state index contributed by atoms with van der Waals surface area (Å²) in [5.41, 5.74) is 0.529. The molecule has 0 spiro atoms. The molecule has 0 radical (unpaired) electrons. The number of amidine groups is 1. The number of fused-ring (bicyclic) bond motifs is 1. The van der Waals surface area contributed by atoms with Crippen molar-refractivity contribution in [2.45, 2.75) is 24.8 Å². The number of amides is 1. The van der Waals surface area contributed by atoms with E-state index in [4.69, 9.17) is 0 Å². The second-order valence-electron chi connectivity index (χ2n) is 6.55. The van der Waals surface area contributed by atoms with Crippen molar-refractivity contribution in [3.05, 3.63) is 52.2 Å². The van der Waals surface area contributed by atoms with Crippen molar-refractivity contribution in [1.29, 1.82) is 0 Å². The SMILES string of the molecule is CC(C)[C@H](NC(=O)CN(C)C1=NS(=O)(=O)c2ccccc21)c1cccs1. The molecule has 1 atom stereocenters. The predicted octanol–water partition coefficient (Wildman–Crippen LogP) is 2.64. The molecular formula is C18H21N3O3S2. The van der Waals surface area contributed by atoms with Gasteiger partial charge >= 0.3 is 0 Å². The maximum atomic E-state index is 12.5. The van der Waals surface area contributed by atoms with Crippen LogP contribution in [0.15, 0.2) is 51.1 Å². The number of sulfonamides is 1. The molecule has 1 amide bonds. The van der Waals surface area contributed by atoms with E-state index in [2.05, 4.69) is 23.6 Å². The zero-order valence-corrected chi connectivity index (χ0v) is 16.5. The first-order valence-corrected chi connectivity index (χ1v) is 10.6. The van der Waals surface area contributed by atoms with Gasteiger partial charge in [0.2, 0.25) is 5.91 Å². The third-order valence-electron chi connectivity index (χ3n) is 4.19. The van der Waals surface area contributed by atoms with E-state index in [-0.39, 0.29) is 29.3 Å². The normalized spacial score (nSPS) is 16.1. The minimum atomic E-state index is -3.69. The summed E-state index contributed by atoms with van der Waals surface area (Å²) in [7, 11) is -2.02. The number of nitrogens with one attached hydrogen (secondary N) is 1. The Hall–Kier alpha value is -2.19. The Kier molecular flexibility index (Phi) is 5.15. The maximum Gasteiger partial charge on any atom is 0.285 e. The molecule has 1 aliphatic rings. The molecule has 1 aliphatic heterocycles. The van der Waals surface area contributed by atoms with E-state index in [9.17, 15) is 13.2 Å². The van der Waals surface area contributed by atoms with Crippen molar-refractivity contribution in [2.24, 2.45) is 10.3 Å². The second kappa shape index (κ2) is 7.20. The van der Waals surface area contributed by atoms with Gasteiger partial charge in [0.1, 0.15) is 4.90 Å². The van der Waals surface area contributed by atoms with E-state index in [0.29, 0.717) is 11.4 Å². The molecule has 6 nitrogen and oxygen atoms in total. The number of hydrogen-bond acceptors (Lipinski definition) is 5. The van der Waals surface area contributed by atoms with Crippen LogP contribution in [-0.2, 0) is 14.8 Å². The van der Waals surface area contributed by atoms with Crippen LogP contribution in [0.4, 0.5) is 0 Å². The van der Waals surface area contributed by atoms with Gasteiger partial charge in [0.15, 0.2) is 5.84 Å². The average Bonchev–Trinajstić information content (AvgIpc) is 3.19. The van der Waals surface area contributed by atoms with Crippen molar-refractivity contribution >= 4 is 33.1 Å².